The number of rotatable bonds is 1. The summed E-state index contributed by atoms with van der Waals surface area (Å²) in [5.41, 5.74) is 0. The summed E-state index contributed by atoms with van der Waals surface area (Å²) in [7, 11) is 0. The summed E-state index contributed by atoms with van der Waals surface area (Å²) in [6.45, 7) is 0. The van der Waals surface area contributed by atoms with Crippen molar-refractivity contribution in [2.75, 3.05) is 0 Å². The average Bonchev–Trinajstić information content (AvgIpc) is 1.41. The Morgan fingerprint density at radius 1 is 2.00 bits per heavy atom. The zero-order valence-electron chi connectivity index (χ0n) is 2.30. The van der Waals surface area contributed by atoms with Crippen molar-refractivity contribution in [3.8, 4) is 0 Å². The SMILES string of the molecule is O=C=NNS. The molecule has 0 amide bonds. The number of nitrogens with one attached hydrogen (secondary N) is 1. The van der Waals surface area contributed by atoms with Gasteiger partial charge < -0.3 is 0 Å². The lowest BCUT2D eigenvalue weighted by molar-refractivity contribution is 0.562. The van der Waals surface area contributed by atoms with E-state index in [9.17, 15) is 0 Å². The molecule has 0 bridgehead atoms. The Bertz CT molecular complexity index is 56.7. The third-order valence-electron chi connectivity index (χ3n) is 0.0956. The van der Waals surface area contributed by atoms with Crippen LogP contribution in [0.5, 0.6) is 0 Å². The quantitative estimate of drug-likeness (QED) is 0.200. The minimum Gasteiger partial charge on any atom is -0.244 e. The Morgan fingerprint density at radius 3 is 2.60 bits per heavy atom. The van der Waals surface area contributed by atoms with Crippen LogP contribution in [0.15, 0.2) is 5.10 Å². The van der Waals surface area contributed by atoms with Crippen LogP contribution in [0.4, 0.5) is 0 Å². The summed E-state index contributed by atoms with van der Waals surface area (Å²) >= 11 is 3.32. The number of isocyanates is 1. The van der Waals surface area contributed by atoms with Gasteiger partial charge in [0.2, 0.25) is 0 Å². The van der Waals surface area contributed by atoms with Crippen molar-refractivity contribution in [1.82, 2.24) is 4.83 Å². The third kappa shape index (κ3) is 3.53. The van der Waals surface area contributed by atoms with Crippen LogP contribution in [0.3, 0.4) is 0 Å². The van der Waals surface area contributed by atoms with Crippen LogP contribution >= 0.6 is 12.8 Å². The van der Waals surface area contributed by atoms with Crippen LogP contribution in [-0.2, 0) is 4.79 Å². The number of hydrogen-bond donors (Lipinski definition) is 2. The van der Waals surface area contributed by atoms with Crippen molar-refractivity contribution in [2.45, 2.75) is 0 Å². The second kappa shape index (κ2) is 3.53. The number of thiol groups is 1. The van der Waals surface area contributed by atoms with Crippen LogP contribution in [0.25, 0.3) is 0 Å². The number of hydrazone groups is 1. The predicted octanol–water partition coefficient (Wildman–Crippen LogP) is -0.328. The van der Waals surface area contributed by atoms with Crippen LogP contribution in [-0.4, -0.2) is 6.08 Å². The summed E-state index contributed by atoms with van der Waals surface area (Å²) in [6.07, 6.45) is 1.20. The van der Waals surface area contributed by atoms with Gasteiger partial charge in [0.15, 0.2) is 0 Å². The summed E-state index contributed by atoms with van der Waals surface area (Å²) in [6, 6.07) is 0. The lowest BCUT2D eigenvalue weighted by Crippen LogP contribution is -1.77. The first-order valence-corrected chi connectivity index (χ1v) is 1.32. The van der Waals surface area contributed by atoms with Gasteiger partial charge in [0.25, 0.3) is 6.08 Å². The normalized spacial score (nSPS) is 5.00. The fourth-order valence-corrected chi connectivity index (χ4v) is 0.0612. The molecule has 3 nitrogen and oxygen atoms in total. The van der Waals surface area contributed by atoms with Crippen LogP contribution < -0.4 is 4.83 Å². The van der Waals surface area contributed by atoms with Gasteiger partial charge in [-0.05, 0) is 0 Å². The second-order valence-electron chi connectivity index (χ2n) is 0.303. The molecule has 5 heavy (non-hydrogen) atoms. The largest absolute Gasteiger partial charge is 0.258 e. The molecule has 0 aliphatic heterocycles. The Morgan fingerprint density at radius 2 is 2.60 bits per heavy atom. The molecule has 0 heterocycles. The monoisotopic (exact) mass is 90.0 g/mol. The molecular weight excluding hydrogens is 88.1 g/mol. The fourth-order valence-electron chi connectivity index (χ4n) is 0.0204. The molecule has 28 valence electrons. The molecule has 0 spiro atoms. The molecule has 0 unspecified atom stereocenters. The standard InChI is InChI=1S/CH2N2OS/c4-1-2-3-5/h3,5H. The highest BCUT2D eigenvalue weighted by Gasteiger charge is 1.45. The van der Waals surface area contributed by atoms with Crippen molar-refractivity contribution >= 4 is 18.9 Å². The van der Waals surface area contributed by atoms with E-state index >= 15 is 0 Å². The van der Waals surface area contributed by atoms with E-state index in [1.807, 2.05) is 4.83 Å². The van der Waals surface area contributed by atoms with Gasteiger partial charge >= 0.3 is 0 Å². The van der Waals surface area contributed by atoms with E-state index in [2.05, 4.69) is 17.9 Å². The van der Waals surface area contributed by atoms with Crippen molar-refractivity contribution in [3.05, 3.63) is 0 Å². The van der Waals surface area contributed by atoms with Crippen molar-refractivity contribution < 1.29 is 4.79 Å². The molecule has 0 saturated carbocycles. The molecule has 0 aromatic heterocycles. The highest BCUT2D eigenvalue weighted by atomic mass is 32.1. The molecule has 0 atom stereocenters. The van der Waals surface area contributed by atoms with E-state index in [1.54, 1.807) is 0 Å². The van der Waals surface area contributed by atoms with Gasteiger partial charge in [0.05, 0.1) is 0 Å². The minimum atomic E-state index is 1.20. The number of carbonyl (C=O) groups excluding carboxylic acids is 1. The molecule has 0 saturated heterocycles. The fraction of sp³-hybridized carbons (Fsp3) is 0. The van der Waals surface area contributed by atoms with E-state index in [0.717, 1.165) is 0 Å². The minimum absolute atomic E-state index is 1.20. The average molecular weight is 90.1 g/mol. The lowest BCUT2D eigenvalue weighted by Gasteiger charge is -1.66. The number of hydrogen-bond acceptors (Lipinski definition) is 4. The molecule has 0 aliphatic carbocycles. The smallest absolute Gasteiger partial charge is 0.244 e. The number of nitrogens with zero attached hydrogens (tertiary/aromatic N) is 1. The van der Waals surface area contributed by atoms with Gasteiger partial charge in [-0.3, -0.25) is 0 Å². The second-order valence-corrected chi connectivity index (χ2v) is 0.503. The molecule has 0 rings (SSSR count). The highest BCUT2D eigenvalue weighted by molar-refractivity contribution is 7.78. The van der Waals surface area contributed by atoms with Crippen molar-refractivity contribution in [2.24, 2.45) is 5.10 Å². The summed E-state index contributed by atoms with van der Waals surface area (Å²) in [4.78, 5) is 10.9. The van der Waals surface area contributed by atoms with E-state index < -0.39 is 0 Å². The first kappa shape index (κ1) is 4.53. The van der Waals surface area contributed by atoms with Gasteiger partial charge in [0.1, 0.15) is 0 Å². The molecule has 0 fully saturated rings. The van der Waals surface area contributed by atoms with Gasteiger partial charge in [-0.15, -0.1) is 0 Å². The Hall–Kier alpha value is -0.470. The zero-order chi connectivity index (χ0) is 4.12. The molecular formula is CH2N2OS. The summed E-state index contributed by atoms with van der Waals surface area (Å²) in [5.74, 6) is 0. The van der Waals surface area contributed by atoms with Crippen LogP contribution in [0.1, 0.15) is 0 Å². The van der Waals surface area contributed by atoms with Crippen LogP contribution in [0, 0.1) is 0 Å². The van der Waals surface area contributed by atoms with E-state index in [1.165, 1.54) is 6.08 Å². The highest BCUT2D eigenvalue weighted by Crippen LogP contribution is 1.50. The Balaban J connectivity index is 2.93. The summed E-state index contributed by atoms with van der Waals surface area (Å²) in [5, 5.41) is 2.78. The van der Waals surface area contributed by atoms with Gasteiger partial charge in [-0.2, -0.15) is 0 Å². The molecule has 0 aliphatic rings. The topological polar surface area (TPSA) is 41.5 Å². The third-order valence-corrected chi connectivity index (χ3v) is 0.196. The maximum atomic E-state index is 9.00. The van der Waals surface area contributed by atoms with Gasteiger partial charge in [-0.25, -0.2) is 9.63 Å². The molecule has 0 radical (unpaired) electrons. The zero-order valence-corrected chi connectivity index (χ0v) is 3.20. The summed E-state index contributed by atoms with van der Waals surface area (Å²) < 4.78 is 0. The van der Waals surface area contributed by atoms with Gasteiger partial charge in [-0.1, -0.05) is 17.9 Å². The maximum Gasteiger partial charge on any atom is 0.258 e. The maximum absolute atomic E-state index is 9.00. The molecule has 0 aromatic rings. The first-order valence-electron chi connectivity index (χ1n) is 0.875. The van der Waals surface area contributed by atoms with Crippen molar-refractivity contribution in [3.63, 3.8) is 0 Å². The van der Waals surface area contributed by atoms with E-state index in [-0.39, 0.29) is 0 Å². The molecule has 0 aromatic carbocycles. The van der Waals surface area contributed by atoms with Crippen LogP contribution in [0.2, 0.25) is 0 Å². The predicted molar refractivity (Wildman–Crippen MR) is 20.2 cm³/mol. The van der Waals surface area contributed by atoms with E-state index in [0.29, 0.717) is 0 Å². The Kier molecular flexibility index (Phi) is 3.20. The van der Waals surface area contributed by atoms with E-state index in [4.69, 9.17) is 4.79 Å². The Labute approximate surface area is 34.6 Å². The van der Waals surface area contributed by atoms with Gasteiger partial charge in [0, 0.05) is 0 Å². The molecule has 4 heteroatoms. The van der Waals surface area contributed by atoms with Crippen molar-refractivity contribution in [1.29, 1.82) is 0 Å². The first-order chi connectivity index (χ1) is 2.41. The lowest BCUT2D eigenvalue weighted by atomic mass is 11.6. The molecule has 1 N–H and O–H groups in total.